The van der Waals surface area contributed by atoms with Crippen LogP contribution in [0.2, 0.25) is 0 Å². The number of piperazine rings is 1. The predicted octanol–water partition coefficient (Wildman–Crippen LogP) is 3.05. The molecule has 0 unspecified atom stereocenters. The topological polar surface area (TPSA) is 85.0 Å². The number of fused-ring (bicyclic) bond motifs is 3. The van der Waals surface area contributed by atoms with Crippen LogP contribution in [-0.2, 0) is 17.8 Å². The van der Waals surface area contributed by atoms with Gasteiger partial charge in [0, 0.05) is 51.3 Å². The number of anilines is 1. The molecule has 4 aromatic rings. The van der Waals surface area contributed by atoms with Crippen molar-refractivity contribution in [2.45, 2.75) is 33.2 Å². The number of ether oxygens (including phenoxy) is 1. The van der Waals surface area contributed by atoms with Gasteiger partial charge in [-0.3, -0.25) is 18.6 Å². The molecule has 0 radical (unpaired) electrons. The minimum absolute atomic E-state index is 0.0269. The Labute approximate surface area is 207 Å². The molecule has 0 bridgehead atoms. The number of rotatable bonds is 7. The molecule has 3 aromatic heterocycles. The van der Waals surface area contributed by atoms with Crippen molar-refractivity contribution < 1.29 is 9.53 Å². The van der Waals surface area contributed by atoms with Gasteiger partial charge in [0.2, 0.25) is 11.7 Å². The highest BCUT2D eigenvalue weighted by molar-refractivity contribution is 7.17. The van der Waals surface area contributed by atoms with Crippen LogP contribution in [0.3, 0.4) is 0 Å². The quantitative estimate of drug-likeness (QED) is 0.393. The zero-order valence-corrected chi connectivity index (χ0v) is 21.1. The Hall–Kier alpha value is -3.40. The number of carbonyl (C=O) groups excluding carboxylic acids is 1. The van der Waals surface area contributed by atoms with E-state index in [1.54, 1.807) is 11.7 Å². The second-order valence-electron chi connectivity index (χ2n) is 9.26. The van der Waals surface area contributed by atoms with E-state index in [1.807, 2.05) is 32.9 Å². The summed E-state index contributed by atoms with van der Waals surface area (Å²) >= 11 is 1.43. The van der Waals surface area contributed by atoms with E-state index in [9.17, 15) is 9.59 Å². The fraction of sp³-hybridized carbons (Fsp3) is 0.440. The van der Waals surface area contributed by atoms with Crippen LogP contribution in [0, 0.1) is 5.92 Å². The molecule has 0 atom stereocenters. The highest BCUT2D eigenvalue weighted by Crippen LogP contribution is 2.22. The van der Waals surface area contributed by atoms with Crippen molar-refractivity contribution in [2.75, 3.05) is 38.2 Å². The molecule has 1 saturated heterocycles. The van der Waals surface area contributed by atoms with Crippen LogP contribution in [0.15, 0.2) is 40.5 Å². The van der Waals surface area contributed by atoms with Crippen LogP contribution < -0.4 is 15.2 Å². The van der Waals surface area contributed by atoms with Gasteiger partial charge in [-0.15, -0.1) is 21.5 Å². The second kappa shape index (κ2) is 9.69. The molecule has 35 heavy (non-hydrogen) atoms. The molecule has 0 N–H and O–H groups in total. The zero-order chi connectivity index (χ0) is 24.5. The summed E-state index contributed by atoms with van der Waals surface area (Å²) in [6.45, 7) is 7.69. The van der Waals surface area contributed by atoms with Gasteiger partial charge in [0.15, 0.2) is 0 Å². The summed E-state index contributed by atoms with van der Waals surface area (Å²) in [5, 5.41) is 10.7. The molecule has 4 heterocycles. The van der Waals surface area contributed by atoms with Crippen LogP contribution in [0.5, 0.6) is 5.75 Å². The van der Waals surface area contributed by atoms with Crippen molar-refractivity contribution >= 4 is 38.9 Å². The van der Waals surface area contributed by atoms with Crippen molar-refractivity contribution in [3.05, 3.63) is 51.9 Å². The van der Waals surface area contributed by atoms with Crippen LogP contribution in [-0.4, -0.2) is 63.3 Å². The first-order chi connectivity index (χ1) is 17.0. The highest BCUT2D eigenvalue weighted by Gasteiger charge is 2.23. The molecule has 1 amide bonds. The average Bonchev–Trinajstić information content (AvgIpc) is 3.52. The summed E-state index contributed by atoms with van der Waals surface area (Å²) in [4.78, 5) is 30.2. The fourth-order valence-corrected chi connectivity index (χ4v) is 5.48. The SMILES string of the molecule is COc1ccc(N2CCN(C(=O)CCc3nnc4n(CC(C)C)c(=O)c5sccc5n34)CC2)cc1. The number of nitrogens with zero attached hydrogens (tertiary/aromatic N) is 6. The lowest BCUT2D eigenvalue weighted by molar-refractivity contribution is -0.131. The number of methoxy groups -OCH3 is 1. The summed E-state index contributed by atoms with van der Waals surface area (Å²) < 4.78 is 9.59. The van der Waals surface area contributed by atoms with Gasteiger partial charge < -0.3 is 14.5 Å². The molecule has 10 heteroatoms. The highest BCUT2D eigenvalue weighted by atomic mass is 32.1. The van der Waals surface area contributed by atoms with Crippen LogP contribution in [0.25, 0.3) is 16.0 Å². The summed E-state index contributed by atoms with van der Waals surface area (Å²) in [5.41, 5.74) is 1.93. The molecule has 0 saturated carbocycles. The smallest absolute Gasteiger partial charge is 0.272 e. The molecule has 1 aliphatic rings. The third-order valence-electron chi connectivity index (χ3n) is 6.46. The molecule has 1 aliphatic heterocycles. The van der Waals surface area contributed by atoms with Crippen molar-refractivity contribution in [2.24, 2.45) is 5.92 Å². The Bertz CT molecular complexity index is 1400. The summed E-state index contributed by atoms with van der Waals surface area (Å²) in [6, 6.07) is 9.95. The fourth-order valence-electron chi connectivity index (χ4n) is 4.66. The number of hydrogen-bond donors (Lipinski definition) is 0. The standard InChI is InChI=1S/C25H30N6O3S/c1-17(2)16-30-24(33)23-20(10-15-35-23)31-21(26-27-25(30)31)8-9-22(32)29-13-11-28(12-14-29)18-4-6-19(34-3)7-5-18/h4-7,10,15,17H,8-9,11-14,16H2,1-3H3. The molecule has 184 valence electrons. The third-order valence-corrected chi connectivity index (χ3v) is 7.35. The van der Waals surface area contributed by atoms with Crippen LogP contribution >= 0.6 is 11.3 Å². The van der Waals surface area contributed by atoms with Crippen LogP contribution in [0.1, 0.15) is 26.1 Å². The summed E-state index contributed by atoms with van der Waals surface area (Å²) in [6.07, 6.45) is 0.835. The van der Waals surface area contributed by atoms with Gasteiger partial charge in [0.1, 0.15) is 16.3 Å². The second-order valence-corrected chi connectivity index (χ2v) is 10.2. The first kappa shape index (κ1) is 23.3. The summed E-state index contributed by atoms with van der Waals surface area (Å²) in [7, 11) is 1.66. The normalized spacial score (nSPS) is 14.4. The lowest BCUT2D eigenvalue weighted by atomic mass is 10.2. The molecule has 5 rings (SSSR count). The number of benzene rings is 1. The Morgan fingerprint density at radius 1 is 1.09 bits per heavy atom. The van der Waals surface area contributed by atoms with E-state index < -0.39 is 0 Å². The van der Waals surface area contributed by atoms with Gasteiger partial charge in [0.05, 0.1) is 12.6 Å². The van der Waals surface area contributed by atoms with Crippen LogP contribution in [0.4, 0.5) is 5.69 Å². The minimum Gasteiger partial charge on any atom is -0.497 e. The first-order valence-electron chi connectivity index (χ1n) is 12.0. The summed E-state index contributed by atoms with van der Waals surface area (Å²) in [5.74, 6) is 2.51. The average molecular weight is 495 g/mol. The Balaban J connectivity index is 1.28. The van der Waals surface area contributed by atoms with Gasteiger partial charge in [-0.05, 0) is 41.6 Å². The van der Waals surface area contributed by atoms with Crippen molar-refractivity contribution in [1.82, 2.24) is 24.1 Å². The minimum atomic E-state index is -0.0269. The maximum absolute atomic E-state index is 13.0. The molecule has 0 aliphatic carbocycles. The Kier molecular flexibility index (Phi) is 6.46. The van der Waals surface area contributed by atoms with E-state index in [4.69, 9.17) is 4.74 Å². The Morgan fingerprint density at radius 2 is 1.83 bits per heavy atom. The van der Waals surface area contributed by atoms with Crippen molar-refractivity contribution in [3.63, 3.8) is 0 Å². The van der Waals surface area contributed by atoms with Gasteiger partial charge in [-0.2, -0.15) is 0 Å². The van der Waals surface area contributed by atoms with Crippen molar-refractivity contribution in [3.8, 4) is 5.75 Å². The molecule has 1 aromatic carbocycles. The monoisotopic (exact) mass is 494 g/mol. The number of aryl methyl sites for hydroxylation is 1. The number of hydrogen-bond acceptors (Lipinski definition) is 7. The lowest BCUT2D eigenvalue weighted by Crippen LogP contribution is -2.48. The van der Waals surface area contributed by atoms with Gasteiger partial charge in [-0.25, -0.2) is 0 Å². The van der Waals surface area contributed by atoms with Gasteiger partial charge in [-0.1, -0.05) is 13.8 Å². The maximum Gasteiger partial charge on any atom is 0.272 e. The maximum atomic E-state index is 13.0. The molecular formula is C25H30N6O3S. The number of thiophene rings is 1. The first-order valence-corrected chi connectivity index (χ1v) is 12.8. The van der Waals surface area contributed by atoms with E-state index in [2.05, 4.69) is 41.1 Å². The van der Waals surface area contributed by atoms with E-state index in [0.717, 1.165) is 30.0 Å². The number of amides is 1. The van der Waals surface area contributed by atoms with Gasteiger partial charge in [0.25, 0.3) is 5.56 Å². The number of carbonyl (C=O) groups is 1. The lowest BCUT2D eigenvalue weighted by Gasteiger charge is -2.36. The van der Waals surface area contributed by atoms with Crippen molar-refractivity contribution in [1.29, 1.82) is 0 Å². The Morgan fingerprint density at radius 3 is 2.51 bits per heavy atom. The molecule has 9 nitrogen and oxygen atoms in total. The van der Waals surface area contributed by atoms with Gasteiger partial charge >= 0.3 is 0 Å². The van der Waals surface area contributed by atoms with E-state index in [0.29, 0.717) is 54.7 Å². The third kappa shape index (κ3) is 4.50. The number of aromatic nitrogens is 4. The van der Waals surface area contributed by atoms with E-state index >= 15 is 0 Å². The largest absolute Gasteiger partial charge is 0.497 e. The molecular weight excluding hydrogens is 464 g/mol. The molecule has 1 fully saturated rings. The van der Waals surface area contributed by atoms with E-state index in [1.165, 1.54) is 11.3 Å². The predicted molar refractivity (Wildman–Crippen MR) is 138 cm³/mol. The molecule has 0 spiro atoms. The zero-order valence-electron chi connectivity index (χ0n) is 20.3. The van der Waals surface area contributed by atoms with E-state index in [-0.39, 0.29) is 11.5 Å².